The monoisotopic (exact) mass is 622 g/mol. The Morgan fingerprint density at radius 3 is 2.32 bits per heavy atom. The Hall–Kier alpha value is -3.83. The van der Waals surface area contributed by atoms with Crippen molar-refractivity contribution in [2.45, 2.75) is 55.5 Å². The molecular formula is C33H36F2N4O4S. The summed E-state index contributed by atoms with van der Waals surface area (Å²) in [6, 6.07) is 15.8. The molecule has 2 fully saturated rings. The average molecular weight is 623 g/mol. The summed E-state index contributed by atoms with van der Waals surface area (Å²) in [5, 5.41) is 5.64. The van der Waals surface area contributed by atoms with Crippen LogP contribution in [0.4, 0.5) is 14.5 Å². The van der Waals surface area contributed by atoms with Gasteiger partial charge in [-0.25, -0.2) is 17.2 Å². The van der Waals surface area contributed by atoms with Crippen LogP contribution in [0.15, 0.2) is 71.6 Å². The van der Waals surface area contributed by atoms with Crippen LogP contribution >= 0.6 is 0 Å². The second kappa shape index (κ2) is 11.9. The van der Waals surface area contributed by atoms with Crippen molar-refractivity contribution in [3.05, 3.63) is 95.1 Å². The van der Waals surface area contributed by atoms with E-state index in [-0.39, 0.29) is 41.8 Å². The first-order chi connectivity index (χ1) is 21.1. The second-order valence-electron chi connectivity index (χ2n) is 11.9. The minimum absolute atomic E-state index is 0.00734. The van der Waals surface area contributed by atoms with Crippen molar-refractivity contribution in [2.24, 2.45) is 5.92 Å². The van der Waals surface area contributed by atoms with Gasteiger partial charge in [0.25, 0.3) is 15.9 Å². The molecule has 0 bridgehead atoms. The number of nitrogens with zero attached hydrogens (tertiary/aromatic N) is 2. The van der Waals surface area contributed by atoms with E-state index < -0.39 is 27.1 Å². The molecule has 0 aromatic heterocycles. The summed E-state index contributed by atoms with van der Waals surface area (Å²) in [6.07, 6.45) is 2.98. The molecular weight excluding hydrogens is 586 g/mol. The summed E-state index contributed by atoms with van der Waals surface area (Å²) >= 11 is 0. The number of nitrogens with one attached hydrogen (secondary N) is 2. The van der Waals surface area contributed by atoms with Gasteiger partial charge < -0.3 is 10.6 Å². The maximum Gasteiger partial charge on any atom is 0.264 e. The standard InChI is InChI=1S/C33H36F2N4O4S/c1-2-36-30(40)21-38-17-15-33(16-18-38)27-19-23(32(41)37-20-24-5-3-4-6-28(24)35)9-14-29(27)39(31(33)22-7-8-22)44(42,43)26-12-10-25(34)11-13-26/h3-6,9-14,19,22,31H,2,7-8,15-18,20-21H2,1H3,(H,36,40)(H,37,41). The zero-order valence-corrected chi connectivity index (χ0v) is 25.4. The molecule has 0 radical (unpaired) electrons. The van der Waals surface area contributed by atoms with Crippen LogP contribution in [-0.2, 0) is 26.8 Å². The third kappa shape index (κ3) is 5.59. The van der Waals surface area contributed by atoms with Gasteiger partial charge in [-0.15, -0.1) is 0 Å². The van der Waals surface area contributed by atoms with Gasteiger partial charge in [-0.2, -0.15) is 0 Å². The minimum Gasteiger partial charge on any atom is -0.355 e. The summed E-state index contributed by atoms with van der Waals surface area (Å²) in [7, 11) is -4.08. The summed E-state index contributed by atoms with van der Waals surface area (Å²) in [6.45, 7) is 3.88. The third-order valence-corrected chi connectivity index (χ3v) is 11.0. The third-order valence-electron chi connectivity index (χ3n) is 9.18. The Bertz CT molecular complexity index is 1670. The van der Waals surface area contributed by atoms with Gasteiger partial charge in [0.15, 0.2) is 0 Å². The molecule has 1 saturated heterocycles. The first-order valence-electron chi connectivity index (χ1n) is 15.1. The van der Waals surface area contributed by atoms with Gasteiger partial charge in [0, 0.05) is 29.6 Å². The van der Waals surface area contributed by atoms with Gasteiger partial charge in [0.2, 0.25) is 5.91 Å². The first-order valence-corrected chi connectivity index (χ1v) is 16.5. The van der Waals surface area contributed by atoms with E-state index in [0.29, 0.717) is 49.3 Å². The number of amides is 2. The highest BCUT2D eigenvalue weighted by Crippen LogP contribution is 2.59. The number of fused-ring (bicyclic) bond motifs is 2. The lowest BCUT2D eigenvalue weighted by Gasteiger charge is -2.45. The Kier molecular flexibility index (Phi) is 8.19. The van der Waals surface area contributed by atoms with E-state index in [4.69, 9.17) is 0 Å². The number of likely N-dealkylation sites (N-methyl/N-ethyl adjacent to an activating group) is 1. The number of benzene rings is 3. The lowest BCUT2D eigenvalue weighted by Crippen LogP contribution is -2.54. The van der Waals surface area contributed by atoms with Crippen LogP contribution in [-0.4, -0.2) is 57.4 Å². The van der Waals surface area contributed by atoms with Crippen LogP contribution in [0, 0.1) is 17.6 Å². The van der Waals surface area contributed by atoms with E-state index in [9.17, 15) is 26.8 Å². The topological polar surface area (TPSA) is 98.8 Å². The van der Waals surface area contributed by atoms with E-state index in [1.807, 2.05) is 6.92 Å². The Balaban J connectivity index is 1.38. The zero-order chi connectivity index (χ0) is 31.1. The highest BCUT2D eigenvalue weighted by Gasteiger charge is 2.60. The summed E-state index contributed by atoms with van der Waals surface area (Å²) < 4.78 is 58.1. The van der Waals surface area contributed by atoms with Gasteiger partial charge in [-0.3, -0.25) is 18.8 Å². The number of hydrogen-bond acceptors (Lipinski definition) is 5. The van der Waals surface area contributed by atoms with E-state index in [2.05, 4.69) is 15.5 Å². The first kappa shape index (κ1) is 30.2. The summed E-state index contributed by atoms with van der Waals surface area (Å²) in [5.41, 5.74) is 1.46. The highest BCUT2D eigenvalue weighted by atomic mass is 32.2. The lowest BCUT2D eigenvalue weighted by molar-refractivity contribution is -0.122. The fraction of sp³-hybridized carbons (Fsp3) is 0.394. The van der Waals surface area contributed by atoms with Gasteiger partial charge in [-0.1, -0.05) is 18.2 Å². The van der Waals surface area contributed by atoms with Crippen LogP contribution in [0.25, 0.3) is 0 Å². The minimum atomic E-state index is -4.08. The SMILES string of the molecule is CCNC(=O)CN1CCC2(CC1)c1cc(C(=O)NCc3ccccc3F)ccc1N(S(=O)(=O)c1ccc(F)cc1)C2C1CC1. The molecule has 8 nitrogen and oxygen atoms in total. The predicted molar refractivity (Wildman–Crippen MR) is 163 cm³/mol. The molecule has 3 aromatic carbocycles. The van der Waals surface area contributed by atoms with Gasteiger partial charge >= 0.3 is 0 Å². The molecule has 1 atom stereocenters. The molecule has 2 heterocycles. The number of piperidine rings is 1. The molecule has 44 heavy (non-hydrogen) atoms. The predicted octanol–water partition coefficient (Wildman–Crippen LogP) is 4.35. The van der Waals surface area contributed by atoms with Crippen molar-refractivity contribution >= 4 is 27.5 Å². The van der Waals surface area contributed by atoms with Crippen LogP contribution in [0.5, 0.6) is 0 Å². The number of hydrogen-bond donors (Lipinski definition) is 2. The number of carbonyl (C=O) groups is 2. The number of likely N-dealkylation sites (tertiary alicyclic amines) is 1. The lowest BCUT2D eigenvalue weighted by atomic mass is 9.68. The highest BCUT2D eigenvalue weighted by molar-refractivity contribution is 7.92. The normalized spacial score (nSPS) is 19.5. The van der Waals surface area contributed by atoms with E-state index >= 15 is 0 Å². The summed E-state index contributed by atoms with van der Waals surface area (Å²) in [5.74, 6) is -1.24. The van der Waals surface area contributed by atoms with E-state index in [0.717, 1.165) is 30.5 Å². The Morgan fingerprint density at radius 1 is 0.955 bits per heavy atom. The molecule has 1 saturated carbocycles. The van der Waals surface area contributed by atoms with Crippen LogP contribution < -0.4 is 14.9 Å². The number of halogens is 2. The second-order valence-corrected chi connectivity index (χ2v) is 13.7. The fourth-order valence-electron chi connectivity index (χ4n) is 6.91. The van der Waals surface area contributed by atoms with E-state index in [1.165, 1.54) is 22.5 Å². The van der Waals surface area contributed by atoms with Crippen molar-refractivity contribution in [1.29, 1.82) is 0 Å². The number of rotatable bonds is 9. The van der Waals surface area contributed by atoms with Crippen LogP contribution in [0.2, 0.25) is 0 Å². The largest absolute Gasteiger partial charge is 0.355 e. The maximum absolute atomic E-state index is 14.3. The van der Waals surface area contributed by atoms with Crippen molar-refractivity contribution < 1.29 is 26.8 Å². The van der Waals surface area contributed by atoms with Gasteiger partial charge in [0.05, 0.1) is 23.2 Å². The Labute approximate surface area is 256 Å². The molecule has 1 aliphatic carbocycles. The van der Waals surface area contributed by atoms with Crippen LogP contribution in [0.1, 0.15) is 54.1 Å². The molecule has 2 aliphatic heterocycles. The van der Waals surface area contributed by atoms with E-state index in [1.54, 1.807) is 36.4 Å². The van der Waals surface area contributed by atoms with Crippen molar-refractivity contribution in [1.82, 2.24) is 15.5 Å². The molecule has 3 aliphatic rings. The average Bonchev–Trinajstić information content (AvgIpc) is 3.81. The molecule has 1 unspecified atom stereocenters. The molecule has 11 heteroatoms. The van der Waals surface area contributed by atoms with Crippen molar-refractivity contribution in [2.75, 3.05) is 30.5 Å². The fourth-order valence-corrected chi connectivity index (χ4v) is 8.70. The quantitative estimate of drug-likeness (QED) is 0.370. The summed E-state index contributed by atoms with van der Waals surface area (Å²) in [4.78, 5) is 27.8. The number of anilines is 1. The molecule has 2 amide bonds. The van der Waals surface area contributed by atoms with Gasteiger partial charge in [-0.05, 0) is 106 Å². The number of sulfonamides is 1. The molecule has 6 rings (SSSR count). The molecule has 2 N–H and O–H groups in total. The van der Waals surface area contributed by atoms with Crippen molar-refractivity contribution in [3.63, 3.8) is 0 Å². The van der Waals surface area contributed by atoms with Gasteiger partial charge in [0.1, 0.15) is 11.6 Å². The number of carbonyl (C=O) groups excluding carboxylic acids is 2. The van der Waals surface area contributed by atoms with Crippen molar-refractivity contribution in [3.8, 4) is 0 Å². The zero-order valence-electron chi connectivity index (χ0n) is 24.6. The smallest absolute Gasteiger partial charge is 0.264 e. The Morgan fingerprint density at radius 2 is 1.66 bits per heavy atom. The molecule has 1 spiro atoms. The van der Waals surface area contributed by atoms with Crippen LogP contribution in [0.3, 0.4) is 0 Å². The molecule has 3 aromatic rings. The maximum atomic E-state index is 14.3. The molecule has 232 valence electrons.